The number of benzene rings is 2. The zero-order chi connectivity index (χ0) is 17.5. The van der Waals surface area contributed by atoms with Crippen molar-refractivity contribution < 1.29 is 9.59 Å². The van der Waals surface area contributed by atoms with Gasteiger partial charge in [0.05, 0.1) is 0 Å². The number of carbonyl (C=O) groups excluding carboxylic acids is 2. The van der Waals surface area contributed by atoms with Crippen LogP contribution in [0.25, 0.3) is 0 Å². The van der Waals surface area contributed by atoms with Crippen LogP contribution in [-0.4, -0.2) is 30.3 Å². The highest BCUT2D eigenvalue weighted by molar-refractivity contribution is 6.41. The van der Waals surface area contributed by atoms with Crippen molar-refractivity contribution in [3.8, 4) is 0 Å². The first-order valence-electron chi connectivity index (χ1n) is 8.04. The van der Waals surface area contributed by atoms with Crippen LogP contribution in [-0.2, 0) is 9.59 Å². The van der Waals surface area contributed by atoms with E-state index in [1.807, 2.05) is 25.1 Å². The number of hydrogen-bond acceptors (Lipinski definition) is 3. The fourth-order valence-electron chi connectivity index (χ4n) is 2.34. The number of nitrogens with zero attached hydrogens (tertiary/aromatic N) is 2. The number of anilines is 3. The normalized spacial score (nSPS) is 10.2. The highest BCUT2D eigenvalue weighted by Gasteiger charge is 2.27. The molecule has 0 radical (unpaired) electrons. The number of amides is 2. The maximum atomic E-state index is 12.8. The summed E-state index contributed by atoms with van der Waals surface area (Å²) in [6.45, 7) is 2.61. The Kier molecular flexibility index (Phi) is 5.95. The second-order valence-electron chi connectivity index (χ2n) is 5.65. The Morgan fingerprint density at radius 2 is 1.50 bits per heavy atom. The van der Waals surface area contributed by atoms with E-state index in [4.69, 9.17) is 5.73 Å². The zero-order valence-corrected chi connectivity index (χ0v) is 14.1. The van der Waals surface area contributed by atoms with Gasteiger partial charge in [0.25, 0.3) is 0 Å². The van der Waals surface area contributed by atoms with Gasteiger partial charge in [-0.2, -0.15) is 0 Å². The predicted molar refractivity (Wildman–Crippen MR) is 97.0 cm³/mol. The van der Waals surface area contributed by atoms with Gasteiger partial charge in [-0.05, 0) is 42.8 Å². The van der Waals surface area contributed by atoms with Crippen molar-refractivity contribution in [3.63, 3.8) is 0 Å². The number of para-hydroxylation sites is 1. The van der Waals surface area contributed by atoms with Gasteiger partial charge in [-0.3, -0.25) is 14.5 Å². The summed E-state index contributed by atoms with van der Waals surface area (Å²) in [6.07, 6.45) is 1.83. The van der Waals surface area contributed by atoms with Crippen LogP contribution < -0.4 is 10.6 Å². The minimum atomic E-state index is -0.579. The molecule has 0 bridgehead atoms. The van der Waals surface area contributed by atoms with Crippen LogP contribution >= 0.6 is 0 Å². The minimum Gasteiger partial charge on any atom is -0.399 e. The van der Waals surface area contributed by atoms with Crippen molar-refractivity contribution in [2.24, 2.45) is 0 Å². The summed E-state index contributed by atoms with van der Waals surface area (Å²) >= 11 is 0. The summed E-state index contributed by atoms with van der Waals surface area (Å²) in [6, 6.07) is 16.0. The van der Waals surface area contributed by atoms with E-state index in [-0.39, 0.29) is 0 Å². The van der Waals surface area contributed by atoms with Crippen molar-refractivity contribution >= 4 is 28.9 Å². The molecule has 126 valence electrons. The summed E-state index contributed by atoms with van der Waals surface area (Å²) in [4.78, 5) is 28.2. The Labute approximate surface area is 142 Å². The Morgan fingerprint density at radius 1 is 0.917 bits per heavy atom. The lowest BCUT2D eigenvalue weighted by Crippen LogP contribution is -2.42. The summed E-state index contributed by atoms with van der Waals surface area (Å²) in [5, 5.41) is 0. The van der Waals surface area contributed by atoms with E-state index in [0.717, 1.165) is 12.8 Å². The molecular formula is C19H23N3O2. The van der Waals surface area contributed by atoms with Crippen LogP contribution in [0, 0.1) is 0 Å². The van der Waals surface area contributed by atoms with E-state index in [1.165, 1.54) is 9.80 Å². The molecule has 0 atom stereocenters. The number of hydrogen-bond donors (Lipinski definition) is 1. The lowest BCUT2D eigenvalue weighted by atomic mass is 10.2. The third kappa shape index (κ3) is 4.13. The number of likely N-dealkylation sites (N-methyl/N-ethyl adjacent to an activating group) is 1. The molecule has 0 aliphatic carbocycles. The Morgan fingerprint density at radius 3 is 2.08 bits per heavy atom. The standard InChI is InChI=1S/C19H23N3O2/c1-3-4-14-21(2)18(23)19(24)22(16-8-6-5-7-9-16)17-12-10-15(20)11-13-17/h5-13H,3-4,14,20H2,1-2H3. The van der Waals surface area contributed by atoms with E-state index in [0.29, 0.717) is 23.6 Å². The zero-order valence-electron chi connectivity index (χ0n) is 14.1. The van der Waals surface area contributed by atoms with E-state index >= 15 is 0 Å². The quantitative estimate of drug-likeness (QED) is 0.678. The fourth-order valence-corrected chi connectivity index (χ4v) is 2.34. The van der Waals surface area contributed by atoms with Gasteiger partial charge in [0.2, 0.25) is 0 Å². The second kappa shape index (κ2) is 8.15. The fraction of sp³-hybridized carbons (Fsp3) is 0.263. The third-order valence-electron chi connectivity index (χ3n) is 3.75. The van der Waals surface area contributed by atoms with Crippen LogP contribution in [0.2, 0.25) is 0 Å². The van der Waals surface area contributed by atoms with Crippen molar-refractivity contribution in [2.45, 2.75) is 19.8 Å². The van der Waals surface area contributed by atoms with Gasteiger partial charge in [0.1, 0.15) is 0 Å². The van der Waals surface area contributed by atoms with Crippen molar-refractivity contribution in [2.75, 3.05) is 24.2 Å². The number of rotatable bonds is 5. The molecule has 0 unspecified atom stereocenters. The molecule has 24 heavy (non-hydrogen) atoms. The molecule has 0 saturated carbocycles. The first-order chi connectivity index (χ1) is 11.5. The molecule has 2 aromatic carbocycles. The molecule has 0 spiro atoms. The second-order valence-corrected chi connectivity index (χ2v) is 5.65. The van der Waals surface area contributed by atoms with E-state index < -0.39 is 11.8 Å². The minimum absolute atomic E-state index is 0.524. The van der Waals surface area contributed by atoms with Crippen molar-refractivity contribution in [1.82, 2.24) is 4.90 Å². The van der Waals surface area contributed by atoms with Crippen LogP contribution in [0.5, 0.6) is 0 Å². The van der Waals surface area contributed by atoms with Crippen molar-refractivity contribution in [3.05, 3.63) is 54.6 Å². The summed E-state index contributed by atoms with van der Waals surface area (Å²) < 4.78 is 0. The van der Waals surface area contributed by atoms with Crippen LogP contribution in [0.15, 0.2) is 54.6 Å². The molecule has 0 fully saturated rings. The molecule has 5 heteroatoms. The number of nitrogens with two attached hydrogens (primary N) is 1. The molecular weight excluding hydrogens is 302 g/mol. The molecule has 2 aromatic rings. The van der Waals surface area contributed by atoms with Crippen LogP contribution in [0.4, 0.5) is 17.1 Å². The topological polar surface area (TPSA) is 66.6 Å². The highest BCUT2D eigenvalue weighted by atomic mass is 16.2. The van der Waals surface area contributed by atoms with Gasteiger partial charge >= 0.3 is 11.8 Å². The Bertz CT molecular complexity index is 684. The molecule has 2 N–H and O–H groups in total. The van der Waals surface area contributed by atoms with Crippen LogP contribution in [0.3, 0.4) is 0 Å². The lowest BCUT2D eigenvalue weighted by molar-refractivity contribution is -0.143. The maximum absolute atomic E-state index is 12.8. The maximum Gasteiger partial charge on any atom is 0.321 e. The largest absolute Gasteiger partial charge is 0.399 e. The third-order valence-corrected chi connectivity index (χ3v) is 3.75. The summed E-state index contributed by atoms with van der Waals surface area (Å²) in [7, 11) is 1.65. The summed E-state index contributed by atoms with van der Waals surface area (Å²) in [5.41, 5.74) is 7.58. The first-order valence-corrected chi connectivity index (χ1v) is 8.04. The molecule has 0 aliphatic rings. The smallest absolute Gasteiger partial charge is 0.321 e. The highest BCUT2D eigenvalue weighted by Crippen LogP contribution is 2.26. The average molecular weight is 325 g/mol. The summed E-state index contributed by atoms with van der Waals surface area (Å²) in [5.74, 6) is -1.10. The number of carbonyl (C=O) groups is 2. The first kappa shape index (κ1) is 17.5. The molecule has 5 nitrogen and oxygen atoms in total. The lowest BCUT2D eigenvalue weighted by Gasteiger charge is -2.25. The number of unbranched alkanes of at least 4 members (excludes halogenated alkanes) is 1. The monoisotopic (exact) mass is 325 g/mol. The SMILES string of the molecule is CCCCN(C)C(=O)C(=O)N(c1ccccc1)c1ccc(N)cc1. The number of nitrogen functional groups attached to an aromatic ring is 1. The Hall–Kier alpha value is -2.82. The van der Waals surface area contributed by atoms with Gasteiger partial charge in [-0.1, -0.05) is 31.5 Å². The van der Waals surface area contributed by atoms with Gasteiger partial charge in [0, 0.05) is 30.7 Å². The molecule has 0 heterocycles. The van der Waals surface area contributed by atoms with E-state index in [1.54, 1.807) is 43.4 Å². The average Bonchev–Trinajstić information content (AvgIpc) is 2.61. The van der Waals surface area contributed by atoms with Crippen molar-refractivity contribution in [1.29, 1.82) is 0 Å². The van der Waals surface area contributed by atoms with Gasteiger partial charge in [-0.25, -0.2) is 0 Å². The molecule has 0 aromatic heterocycles. The molecule has 2 amide bonds. The van der Waals surface area contributed by atoms with E-state index in [2.05, 4.69) is 0 Å². The molecule has 2 rings (SSSR count). The van der Waals surface area contributed by atoms with Gasteiger partial charge in [-0.15, -0.1) is 0 Å². The van der Waals surface area contributed by atoms with Gasteiger partial charge < -0.3 is 10.6 Å². The van der Waals surface area contributed by atoms with Gasteiger partial charge in [0.15, 0.2) is 0 Å². The molecule has 0 aliphatic heterocycles. The van der Waals surface area contributed by atoms with Crippen LogP contribution in [0.1, 0.15) is 19.8 Å². The van der Waals surface area contributed by atoms with E-state index in [9.17, 15) is 9.59 Å². The molecule has 0 saturated heterocycles. The predicted octanol–water partition coefficient (Wildman–Crippen LogP) is 3.19. The Balaban J connectivity index is 2.34.